The highest BCUT2D eigenvalue weighted by Crippen LogP contribution is 2.26. The minimum Gasteiger partial charge on any atom is -0.398 e. The number of rotatable bonds is 3. The molecule has 3 N–H and O–H groups in total. The Labute approximate surface area is 83.1 Å². The van der Waals surface area contributed by atoms with E-state index in [4.69, 9.17) is 10.8 Å². The minimum absolute atomic E-state index is 0.286. The van der Waals surface area contributed by atoms with Crippen LogP contribution in [0.4, 0.5) is 5.69 Å². The third-order valence-electron chi connectivity index (χ3n) is 1.65. The maximum absolute atomic E-state index is 9.10. The largest absolute Gasteiger partial charge is 0.398 e. The highest BCUT2D eigenvalue weighted by Gasteiger charge is 2.02. The van der Waals surface area contributed by atoms with Gasteiger partial charge in [-0.2, -0.15) is 0 Å². The molecule has 0 bridgehead atoms. The van der Waals surface area contributed by atoms with E-state index in [2.05, 4.69) is 0 Å². The maximum Gasteiger partial charge on any atom is 0.0606 e. The van der Waals surface area contributed by atoms with Gasteiger partial charge in [-0.15, -0.1) is 11.8 Å². The number of nitrogen functional groups attached to an aromatic ring is 1. The predicted octanol–water partition coefficient (Wildman–Crippen LogP) is 2.05. The van der Waals surface area contributed by atoms with E-state index in [0.29, 0.717) is 5.75 Å². The number of benzene rings is 1. The van der Waals surface area contributed by atoms with E-state index in [1.807, 2.05) is 25.1 Å². The second-order valence-corrected chi connectivity index (χ2v) is 4.26. The van der Waals surface area contributed by atoms with Crippen LogP contribution in [0.5, 0.6) is 0 Å². The number of aliphatic hydroxyl groups excluding tert-OH is 1. The summed E-state index contributed by atoms with van der Waals surface area (Å²) in [7, 11) is 0. The molecule has 0 spiro atoms. The number of hydrogen-bond acceptors (Lipinski definition) is 3. The third-order valence-corrected chi connectivity index (χ3v) is 2.98. The van der Waals surface area contributed by atoms with Crippen molar-refractivity contribution in [3.8, 4) is 0 Å². The Morgan fingerprint density at radius 3 is 2.77 bits per heavy atom. The fourth-order valence-corrected chi connectivity index (χ4v) is 1.82. The van der Waals surface area contributed by atoms with Crippen molar-refractivity contribution in [2.75, 3.05) is 11.5 Å². The van der Waals surface area contributed by atoms with Crippen molar-refractivity contribution in [2.24, 2.45) is 0 Å². The molecular formula is C10H15NOS. The first kappa shape index (κ1) is 10.4. The van der Waals surface area contributed by atoms with Crippen molar-refractivity contribution in [3.05, 3.63) is 23.8 Å². The molecule has 0 aliphatic rings. The molecule has 0 amide bonds. The summed E-state index contributed by atoms with van der Waals surface area (Å²) in [6.45, 7) is 3.79. The van der Waals surface area contributed by atoms with Crippen LogP contribution in [0.1, 0.15) is 12.5 Å². The average Bonchev–Trinajstić information content (AvgIpc) is 2.02. The molecule has 0 aliphatic heterocycles. The summed E-state index contributed by atoms with van der Waals surface area (Å²) in [5, 5.41) is 9.10. The lowest BCUT2D eigenvalue weighted by atomic mass is 10.2. The summed E-state index contributed by atoms with van der Waals surface area (Å²) in [5.74, 6) is 0.688. The normalized spacial score (nSPS) is 12.8. The van der Waals surface area contributed by atoms with Gasteiger partial charge < -0.3 is 10.8 Å². The van der Waals surface area contributed by atoms with Gasteiger partial charge in [-0.05, 0) is 31.5 Å². The van der Waals surface area contributed by atoms with Crippen LogP contribution >= 0.6 is 11.8 Å². The van der Waals surface area contributed by atoms with Crippen molar-refractivity contribution in [2.45, 2.75) is 24.8 Å². The van der Waals surface area contributed by atoms with Crippen LogP contribution in [-0.4, -0.2) is 17.0 Å². The zero-order valence-corrected chi connectivity index (χ0v) is 8.77. The zero-order chi connectivity index (χ0) is 9.84. The first-order valence-electron chi connectivity index (χ1n) is 4.26. The first-order valence-corrected chi connectivity index (χ1v) is 5.25. The van der Waals surface area contributed by atoms with Crippen LogP contribution in [-0.2, 0) is 0 Å². The van der Waals surface area contributed by atoms with Gasteiger partial charge in [0.15, 0.2) is 0 Å². The van der Waals surface area contributed by atoms with Gasteiger partial charge in [0.25, 0.3) is 0 Å². The number of nitrogens with two attached hydrogens (primary N) is 1. The molecule has 0 saturated heterocycles. The van der Waals surface area contributed by atoms with E-state index in [9.17, 15) is 0 Å². The fraction of sp³-hybridized carbons (Fsp3) is 0.400. The fourth-order valence-electron chi connectivity index (χ4n) is 1.01. The molecule has 2 nitrogen and oxygen atoms in total. The van der Waals surface area contributed by atoms with Crippen LogP contribution in [0.2, 0.25) is 0 Å². The Balaban J connectivity index is 2.67. The van der Waals surface area contributed by atoms with E-state index >= 15 is 0 Å². The smallest absolute Gasteiger partial charge is 0.0606 e. The molecule has 0 heterocycles. The molecule has 0 aromatic heterocycles. The Bertz CT molecular complexity index is 286. The Kier molecular flexibility index (Phi) is 3.63. The van der Waals surface area contributed by atoms with Crippen molar-refractivity contribution >= 4 is 17.4 Å². The van der Waals surface area contributed by atoms with Crippen LogP contribution < -0.4 is 5.73 Å². The summed E-state index contributed by atoms with van der Waals surface area (Å²) in [6, 6.07) is 5.98. The molecule has 0 fully saturated rings. The highest BCUT2D eigenvalue weighted by atomic mass is 32.2. The zero-order valence-electron chi connectivity index (χ0n) is 7.95. The van der Waals surface area contributed by atoms with Gasteiger partial charge in [0.05, 0.1) is 6.10 Å². The van der Waals surface area contributed by atoms with Gasteiger partial charge in [0, 0.05) is 16.3 Å². The lowest BCUT2D eigenvalue weighted by molar-refractivity contribution is 0.220. The van der Waals surface area contributed by atoms with Crippen molar-refractivity contribution in [1.29, 1.82) is 0 Å². The molecule has 1 aromatic carbocycles. The van der Waals surface area contributed by atoms with Gasteiger partial charge in [0.1, 0.15) is 0 Å². The summed E-state index contributed by atoms with van der Waals surface area (Å²) < 4.78 is 0. The number of aliphatic hydroxyl groups is 1. The van der Waals surface area contributed by atoms with Gasteiger partial charge >= 0.3 is 0 Å². The molecule has 3 heteroatoms. The summed E-state index contributed by atoms with van der Waals surface area (Å²) >= 11 is 1.59. The predicted molar refractivity (Wildman–Crippen MR) is 58.0 cm³/mol. The molecule has 0 saturated carbocycles. The Morgan fingerprint density at radius 2 is 2.23 bits per heavy atom. The molecule has 1 rings (SSSR count). The summed E-state index contributed by atoms with van der Waals surface area (Å²) in [5.41, 5.74) is 7.77. The molecule has 1 atom stereocenters. The maximum atomic E-state index is 9.10. The first-order chi connectivity index (χ1) is 6.09. The van der Waals surface area contributed by atoms with Crippen LogP contribution in [0.3, 0.4) is 0 Å². The SMILES string of the molecule is Cc1ccc(SCC(C)O)c(N)c1. The lowest BCUT2D eigenvalue weighted by Gasteiger charge is -2.07. The molecule has 1 aromatic rings. The van der Waals surface area contributed by atoms with E-state index in [0.717, 1.165) is 10.6 Å². The van der Waals surface area contributed by atoms with Crippen molar-refractivity contribution in [1.82, 2.24) is 0 Å². The lowest BCUT2D eigenvalue weighted by Crippen LogP contribution is -2.03. The third kappa shape index (κ3) is 3.28. The Hall–Kier alpha value is -0.670. The van der Waals surface area contributed by atoms with Crippen LogP contribution in [0, 0.1) is 6.92 Å². The van der Waals surface area contributed by atoms with Crippen molar-refractivity contribution < 1.29 is 5.11 Å². The van der Waals surface area contributed by atoms with Gasteiger partial charge in [-0.25, -0.2) is 0 Å². The molecule has 1 unspecified atom stereocenters. The molecule has 13 heavy (non-hydrogen) atoms. The van der Waals surface area contributed by atoms with E-state index in [1.54, 1.807) is 18.7 Å². The summed E-state index contributed by atoms with van der Waals surface area (Å²) in [4.78, 5) is 1.05. The van der Waals surface area contributed by atoms with Gasteiger partial charge in [-0.3, -0.25) is 0 Å². The van der Waals surface area contributed by atoms with Gasteiger partial charge in [0.2, 0.25) is 0 Å². The van der Waals surface area contributed by atoms with Crippen LogP contribution in [0.25, 0.3) is 0 Å². The number of hydrogen-bond donors (Lipinski definition) is 2. The topological polar surface area (TPSA) is 46.2 Å². The number of anilines is 1. The van der Waals surface area contributed by atoms with E-state index < -0.39 is 0 Å². The Morgan fingerprint density at radius 1 is 1.54 bits per heavy atom. The molecule has 0 radical (unpaired) electrons. The van der Waals surface area contributed by atoms with Crippen molar-refractivity contribution in [3.63, 3.8) is 0 Å². The monoisotopic (exact) mass is 197 g/mol. The molecule has 72 valence electrons. The summed E-state index contributed by atoms with van der Waals surface area (Å²) in [6.07, 6.45) is -0.286. The second-order valence-electron chi connectivity index (χ2n) is 3.20. The average molecular weight is 197 g/mol. The number of thioether (sulfide) groups is 1. The second kappa shape index (κ2) is 4.53. The quantitative estimate of drug-likeness (QED) is 0.576. The van der Waals surface area contributed by atoms with E-state index in [-0.39, 0.29) is 6.10 Å². The minimum atomic E-state index is -0.286. The molecular weight excluding hydrogens is 182 g/mol. The van der Waals surface area contributed by atoms with Crippen LogP contribution in [0.15, 0.2) is 23.1 Å². The molecule has 0 aliphatic carbocycles. The van der Waals surface area contributed by atoms with Gasteiger partial charge in [-0.1, -0.05) is 6.07 Å². The standard InChI is InChI=1S/C10H15NOS/c1-7-3-4-10(9(11)5-7)13-6-8(2)12/h3-5,8,12H,6,11H2,1-2H3. The highest BCUT2D eigenvalue weighted by molar-refractivity contribution is 7.99. The van der Waals surface area contributed by atoms with E-state index in [1.165, 1.54) is 5.56 Å². The number of aryl methyl sites for hydroxylation is 1.